The van der Waals surface area contributed by atoms with E-state index in [0.717, 1.165) is 16.9 Å². The van der Waals surface area contributed by atoms with Crippen molar-refractivity contribution in [1.29, 1.82) is 0 Å². The van der Waals surface area contributed by atoms with Crippen LogP contribution in [0.4, 0.5) is 0 Å². The van der Waals surface area contributed by atoms with Crippen LogP contribution in [-0.4, -0.2) is 26.2 Å². The van der Waals surface area contributed by atoms with Gasteiger partial charge in [-0.15, -0.1) is 0 Å². The molecule has 0 aliphatic carbocycles. The predicted molar refractivity (Wildman–Crippen MR) is 82.6 cm³/mol. The van der Waals surface area contributed by atoms with Gasteiger partial charge in [0.05, 0.1) is 12.2 Å². The van der Waals surface area contributed by atoms with Crippen molar-refractivity contribution in [2.24, 2.45) is 0 Å². The van der Waals surface area contributed by atoms with Crippen LogP contribution in [0.15, 0.2) is 24.4 Å². The van der Waals surface area contributed by atoms with Gasteiger partial charge in [0.1, 0.15) is 22.9 Å². The lowest BCUT2D eigenvalue weighted by molar-refractivity contribution is 0.0604. The first-order valence-corrected chi connectivity index (χ1v) is 7.35. The number of carboxylic acid groups (broad SMARTS) is 1. The molecule has 0 saturated heterocycles. The molecule has 0 amide bonds. The number of carboxylic acids is 1. The largest absolute Gasteiger partial charge is 0.487 e. The smallest absolute Gasteiger partial charge is 0.354 e. The zero-order valence-electron chi connectivity index (χ0n) is 13.3. The summed E-state index contributed by atoms with van der Waals surface area (Å²) in [5, 5.41) is 9.45. The number of fused-ring (bicyclic) bond motifs is 1. The number of aromatic carboxylic acids is 1. The third-order valence-electron chi connectivity index (χ3n) is 4.11. The Kier molecular flexibility index (Phi) is 3.24. The van der Waals surface area contributed by atoms with E-state index < -0.39 is 5.97 Å². The van der Waals surface area contributed by atoms with E-state index >= 15 is 0 Å². The van der Waals surface area contributed by atoms with Crippen molar-refractivity contribution in [2.45, 2.75) is 45.8 Å². The molecular weight excluding hydrogens is 280 g/mol. The lowest BCUT2D eigenvalue weighted by Gasteiger charge is -2.39. The standard InChI is InChI=1S/C17H20N2O3/c1-10-5-6-15-12(7-10)13(8-17(3,4)22-15)19-11(2)18-9-14(19)16(20)21/h5-7,9,13H,8H2,1-4H3,(H,20,21). The second-order valence-corrected chi connectivity index (χ2v) is 6.49. The van der Waals surface area contributed by atoms with Crippen molar-refractivity contribution in [1.82, 2.24) is 9.55 Å². The first kappa shape index (κ1) is 14.6. The van der Waals surface area contributed by atoms with Gasteiger partial charge in [-0.1, -0.05) is 17.7 Å². The Labute approximate surface area is 129 Å². The highest BCUT2D eigenvalue weighted by molar-refractivity contribution is 5.85. The number of imidazole rings is 1. The molecule has 3 rings (SSSR count). The van der Waals surface area contributed by atoms with E-state index in [-0.39, 0.29) is 17.3 Å². The minimum Gasteiger partial charge on any atom is -0.487 e. The number of hydrogen-bond donors (Lipinski definition) is 1. The molecule has 1 unspecified atom stereocenters. The molecule has 1 N–H and O–H groups in total. The van der Waals surface area contributed by atoms with Crippen molar-refractivity contribution in [3.8, 4) is 5.75 Å². The molecule has 5 heteroatoms. The molecule has 0 bridgehead atoms. The number of hydrogen-bond acceptors (Lipinski definition) is 3. The molecule has 0 saturated carbocycles. The fraction of sp³-hybridized carbons (Fsp3) is 0.412. The second kappa shape index (κ2) is 4.87. The summed E-state index contributed by atoms with van der Waals surface area (Å²) in [6.45, 7) is 7.91. The van der Waals surface area contributed by atoms with Crippen molar-refractivity contribution in [3.63, 3.8) is 0 Å². The molecule has 0 radical (unpaired) electrons. The molecular formula is C17H20N2O3. The maximum Gasteiger partial charge on any atom is 0.354 e. The van der Waals surface area contributed by atoms with Crippen LogP contribution in [0.2, 0.25) is 0 Å². The summed E-state index contributed by atoms with van der Waals surface area (Å²) >= 11 is 0. The molecule has 1 aromatic carbocycles. The first-order valence-electron chi connectivity index (χ1n) is 7.35. The molecule has 1 aromatic heterocycles. The summed E-state index contributed by atoms with van der Waals surface area (Å²) in [6, 6.07) is 5.95. The molecule has 1 atom stereocenters. The SMILES string of the molecule is Cc1ccc2c(c1)C(n1c(C(=O)O)cnc1C)CC(C)(C)O2. The van der Waals surface area contributed by atoms with E-state index in [9.17, 15) is 9.90 Å². The van der Waals surface area contributed by atoms with Crippen molar-refractivity contribution in [2.75, 3.05) is 0 Å². The summed E-state index contributed by atoms with van der Waals surface area (Å²) in [5.41, 5.74) is 2.00. The van der Waals surface area contributed by atoms with Gasteiger partial charge in [0, 0.05) is 12.0 Å². The molecule has 0 fully saturated rings. The molecule has 22 heavy (non-hydrogen) atoms. The minimum absolute atomic E-state index is 0.0905. The topological polar surface area (TPSA) is 64.4 Å². The van der Waals surface area contributed by atoms with Crippen LogP contribution >= 0.6 is 0 Å². The summed E-state index contributed by atoms with van der Waals surface area (Å²) in [5.74, 6) is 0.558. The third kappa shape index (κ3) is 2.36. The zero-order chi connectivity index (χ0) is 16.1. The van der Waals surface area contributed by atoms with Gasteiger partial charge in [-0.3, -0.25) is 0 Å². The molecule has 0 spiro atoms. The van der Waals surface area contributed by atoms with Crippen LogP contribution < -0.4 is 4.74 Å². The van der Waals surface area contributed by atoms with Crippen LogP contribution in [0, 0.1) is 13.8 Å². The number of aromatic nitrogens is 2. The maximum atomic E-state index is 11.5. The fourth-order valence-electron chi connectivity index (χ4n) is 3.17. The van der Waals surface area contributed by atoms with Gasteiger partial charge in [0.25, 0.3) is 0 Å². The molecule has 1 aliphatic heterocycles. The van der Waals surface area contributed by atoms with Gasteiger partial charge in [0.2, 0.25) is 0 Å². The van der Waals surface area contributed by atoms with E-state index in [2.05, 4.69) is 11.1 Å². The van der Waals surface area contributed by atoms with Gasteiger partial charge in [0.15, 0.2) is 0 Å². The number of aryl methyl sites for hydroxylation is 2. The van der Waals surface area contributed by atoms with E-state index in [1.54, 1.807) is 0 Å². The van der Waals surface area contributed by atoms with Crippen LogP contribution in [0.25, 0.3) is 0 Å². The van der Waals surface area contributed by atoms with Crippen LogP contribution in [0.1, 0.15) is 53.7 Å². The van der Waals surface area contributed by atoms with Crippen LogP contribution in [0.3, 0.4) is 0 Å². The lowest BCUT2D eigenvalue weighted by Crippen LogP contribution is -2.37. The first-order chi connectivity index (χ1) is 10.3. The fourth-order valence-corrected chi connectivity index (χ4v) is 3.17. The molecule has 2 heterocycles. The Morgan fingerprint density at radius 3 is 2.82 bits per heavy atom. The Hall–Kier alpha value is -2.30. The van der Waals surface area contributed by atoms with Gasteiger partial charge in [-0.05, 0) is 33.8 Å². The Bertz CT molecular complexity index is 746. The number of carbonyl (C=O) groups is 1. The number of benzene rings is 1. The highest BCUT2D eigenvalue weighted by atomic mass is 16.5. The zero-order valence-corrected chi connectivity index (χ0v) is 13.3. The average Bonchev–Trinajstić information content (AvgIpc) is 2.80. The van der Waals surface area contributed by atoms with E-state index in [1.807, 2.05) is 44.4 Å². The second-order valence-electron chi connectivity index (χ2n) is 6.49. The van der Waals surface area contributed by atoms with E-state index in [0.29, 0.717) is 12.2 Å². The van der Waals surface area contributed by atoms with Crippen molar-refractivity contribution >= 4 is 5.97 Å². The van der Waals surface area contributed by atoms with Gasteiger partial charge in [-0.2, -0.15) is 0 Å². The van der Waals surface area contributed by atoms with Crippen molar-refractivity contribution in [3.05, 3.63) is 47.0 Å². The van der Waals surface area contributed by atoms with E-state index in [4.69, 9.17) is 4.74 Å². The summed E-state index contributed by atoms with van der Waals surface area (Å²) in [4.78, 5) is 15.7. The van der Waals surface area contributed by atoms with Crippen LogP contribution in [0.5, 0.6) is 5.75 Å². The monoisotopic (exact) mass is 300 g/mol. The summed E-state index contributed by atoms with van der Waals surface area (Å²) in [7, 11) is 0. The minimum atomic E-state index is -0.959. The molecule has 1 aliphatic rings. The Morgan fingerprint density at radius 2 is 2.14 bits per heavy atom. The molecule has 2 aromatic rings. The predicted octanol–water partition coefficient (Wildman–Crippen LogP) is 3.35. The normalized spacial score (nSPS) is 19.4. The van der Waals surface area contributed by atoms with Crippen LogP contribution in [-0.2, 0) is 0 Å². The highest BCUT2D eigenvalue weighted by Gasteiger charge is 2.36. The summed E-state index contributed by atoms with van der Waals surface area (Å²) < 4.78 is 7.87. The highest BCUT2D eigenvalue weighted by Crippen LogP contribution is 2.42. The van der Waals surface area contributed by atoms with Gasteiger partial charge >= 0.3 is 5.97 Å². The van der Waals surface area contributed by atoms with Gasteiger partial charge < -0.3 is 14.4 Å². The Morgan fingerprint density at radius 1 is 1.41 bits per heavy atom. The Balaban J connectivity index is 2.21. The molecule has 116 valence electrons. The third-order valence-corrected chi connectivity index (χ3v) is 4.11. The van der Waals surface area contributed by atoms with Crippen molar-refractivity contribution < 1.29 is 14.6 Å². The number of rotatable bonds is 2. The molecule has 5 nitrogen and oxygen atoms in total. The quantitative estimate of drug-likeness (QED) is 0.923. The number of nitrogens with zero attached hydrogens (tertiary/aromatic N) is 2. The maximum absolute atomic E-state index is 11.5. The lowest BCUT2D eigenvalue weighted by atomic mass is 9.88. The number of ether oxygens (including phenoxy) is 1. The van der Waals surface area contributed by atoms with Gasteiger partial charge in [-0.25, -0.2) is 9.78 Å². The summed E-state index contributed by atoms with van der Waals surface area (Å²) in [6.07, 6.45) is 2.12. The average molecular weight is 300 g/mol. The van der Waals surface area contributed by atoms with E-state index in [1.165, 1.54) is 6.20 Å².